The van der Waals surface area contributed by atoms with E-state index in [1.54, 1.807) is 11.3 Å². The third-order valence-corrected chi connectivity index (χ3v) is 5.59. The van der Waals surface area contributed by atoms with Gasteiger partial charge in [0.2, 0.25) is 0 Å². The molecule has 0 radical (unpaired) electrons. The van der Waals surface area contributed by atoms with Crippen LogP contribution in [0.5, 0.6) is 0 Å². The van der Waals surface area contributed by atoms with Gasteiger partial charge in [0.1, 0.15) is 4.34 Å². The first-order valence-electron chi connectivity index (χ1n) is 5.60. The Balaban J connectivity index is 3.02. The normalized spacial score (nSPS) is 14.1. The second-order valence-corrected chi connectivity index (χ2v) is 7.14. The number of hydrogen-bond donors (Lipinski definition) is 1. The summed E-state index contributed by atoms with van der Waals surface area (Å²) in [6, 6.07) is 2.51. The minimum absolute atomic E-state index is 0.240. The average Bonchev–Trinajstić information content (AvgIpc) is 2.55. The molecule has 16 heavy (non-hydrogen) atoms. The fraction of sp³-hybridized carbons (Fsp3) is 0.667. The molecule has 0 saturated heterocycles. The van der Waals surface area contributed by atoms with E-state index in [1.165, 1.54) is 4.88 Å². The summed E-state index contributed by atoms with van der Waals surface area (Å²) in [6.45, 7) is 9.93. The topological polar surface area (TPSA) is 12.0 Å². The van der Waals surface area contributed by atoms with Gasteiger partial charge < -0.3 is 5.32 Å². The molecule has 0 aliphatic heterocycles. The van der Waals surface area contributed by atoms with Gasteiger partial charge in [-0.05, 0) is 40.4 Å². The van der Waals surface area contributed by atoms with Gasteiger partial charge in [-0.1, -0.05) is 39.3 Å². The van der Waals surface area contributed by atoms with E-state index in [9.17, 15) is 0 Å². The SMILES string of the molecule is CCNC(c1cc(Br)c(Cl)s1)C(C)(C)CC. The predicted molar refractivity (Wildman–Crippen MR) is 77.5 cm³/mol. The minimum Gasteiger partial charge on any atom is -0.309 e. The highest BCUT2D eigenvalue weighted by atomic mass is 79.9. The standard InChI is InChI=1S/C12H19BrClNS/c1-5-12(3,4)10(15-6-2)9-7-8(13)11(14)16-9/h7,10,15H,5-6H2,1-4H3. The maximum atomic E-state index is 6.11. The van der Waals surface area contributed by atoms with Crippen LogP contribution in [0.1, 0.15) is 45.0 Å². The lowest BCUT2D eigenvalue weighted by Gasteiger charge is -2.33. The Labute approximate surface area is 116 Å². The summed E-state index contributed by atoms with van der Waals surface area (Å²) in [5.41, 5.74) is 0.240. The summed E-state index contributed by atoms with van der Waals surface area (Å²) in [7, 11) is 0. The van der Waals surface area contributed by atoms with Crippen molar-refractivity contribution >= 4 is 38.9 Å². The monoisotopic (exact) mass is 323 g/mol. The maximum absolute atomic E-state index is 6.11. The van der Waals surface area contributed by atoms with Crippen molar-refractivity contribution in [1.29, 1.82) is 0 Å². The quantitative estimate of drug-likeness (QED) is 0.780. The minimum atomic E-state index is 0.240. The zero-order valence-electron chi connectivity index (χ0n) is 10.2. The van der Waals surface area contributed by atoms with Gasteiger partial charge in [-0.15, -0.1) is 11.3 Å². The van der Waals surface area contributed by atoms with Gasteiger partial charge in [0.05, 0.1) is 0 Å². The molecule has 1 atom stereocenters. The highest BCUT2D eigenvalue weighted by molar-refractivity contribution is 9.10. The van der Waals surface area contributed by atoms with Crippen molar-refractivity contribution < 1.29 is 0 Å². The molecular weight excluding hydrogens is 306 g/mol. The molecular formula is C12H19BrClNS. The molecule has 0 spiro atoms. The fourth-order valence-corrected chi connectivity index (χ4v) is 3.70. The molecule has 1 aromatic heterocycles. The number of nitrogens with one attached hydrogen (secondary N) is 1. The molecule has 0 aliphatic carbocycles. The predicted octanol–water partition coefficient (Wildman–Crippen LogP) is 5.25. The molecule has 0 aliphatic rings. The fourth-order valence-electron chi connectivity index (χ4n) is 1.68. The third-order valence-electron chi connectivity index (χ3n) is 3.05. The first kappa shape index (κ1) is 14.5. The number of halogens is 2. The molecule has 0 bridgehead atoms. The second-order valence-electron chi connectivity index (χ2n) is 4.60. The van der Waals surface area contributed by atoms with Gasteiger partial charge in [0.25, 0.3) is 0 Å². The molecule has 0 amide bonds. The van der Waals surface area contributed by atoms with Crippen molar-refractivity contribution in [2.24, 2.45) is 5.41 Å². The van der Waals surface area contributed by atoms with Crippen LogP contribution in [-0.2, 0) is 0 Å². The van der Waals surface area contributed by atoms with Gasteiger partial charge in [-0.25, -0.2) is 0 Å². The second kappa shape index (κ2) is 5.85. The molecule has 4 heteroatoms. The largest absolute Gasteiger partial charge is 0.309 e. The van der Waals surface area contributed by atoms with Crippen molar-refractivity contribution in [1.82, 2.24) is 5.32 Å². The summed E-state index contributed by atoms with van der Waals surface area (Å²) in [5, 5.41) is 3.56. The lowest BCUT2D eigenvalue weighted by Crippen LogP contribution is -2.33. The van der Waals surface area contributed by atoms with E-state index in [4.69, 9.17) is 11.6 Å². The summed E-state index contributed by atoms with van der Waals surface area (Å²) < 4.78 is 1.84. The highest BCUT2D eigenvalue weighted by Gasteiger charge is 2.30. The zero-order valence-corrected chi connectivity index (χ0v) is 13.4. The summed E-state index contributed by atoms with van der Waals surface area (Å²) >= 11 is 11.2. The Hall–Kier alpha value is 0.430. The number of thiophene rings is 1. The molecule has 1 nitrogen and oxygen atoms in total. The molecule has 0 fully saturated rings. The van der Waals surface area contributed by atoms with Crippen LogP contribution in [0, 0.1) is 5.41 Å². The van der Waals surface area contributed by atoms with Crippen LogP contribution in [0.15, 0.2) is 10.5 Å². The van der Waals surface area contributed by atoms with Gasteiger partial charge in [-0.3, -0.25) is 0 Å². The summed E-state index contributed by atoms with van der Waals surface area (Å²) in [6.07, 6.45) is 1.14. The lowest BCUT2D eigenvalue weighted by atomic mass is 9.81. The molecule has 0 aromatic carbocycles. The van der Waals surface area contributed by atoms with Crippen molar-refractivity contribution in [2.75, 3.05) is 6.54 Å². The van der Waals surface area contributed by atoms with Crippen molar-refractivity contribution in [3.05, 3.63) is 19.8 Å². The molecule has 1 heterocycles. The van der Waals surface area contributed by atoms with Gasteiger partial charge in [-0.2, -0.15) is 0 Å². The lowest BCUT2D eigenvalue weighted by molar-refractivity contribution is 0.240. The van der Waals surface area contributed by atoms with Crippen LogP contribution in [0.25, 0.3) is 0 Å². The van der Waals surface area contributed by atoms with E-state index in [0.29, 0.717) is 6.04 Å². The van der Waals surface area contributed by atoms with E-state index in [0.717, 1.165) is 21.8 Å². The third kappa shape index (κ3) is 3.22. The molecule has 1 aromatic rings. The van der Waals surface area contributed by atoms with E-state index in [-0.39, 0.29) is 5.41 Å². The van der Waals surface area contributed by atoms with Crippen LogP contribution >= 0.6 is 38.9 Å². The number of hydrogen-bond acceptors (Lipinski definition) is 2. The Morgan fingerprint density at radius 1 is 1.50 bits per heavy atom. The van der Waals surface area contributed by atoms with Gasteiger partial charge >= 0.3 is 0 Å². The average molecular weight is 325 g/mol. The molecule has 92 valence electrons. The van der Waals surface area contributed by atoms with Crippen LogP contribution in [0.2, 0.25) is 4.34 Å². The first-order chi connectivity index (χ1) is 7.42. The smallest absolute Gasteiger partial charge is 0.107 e. The molecule has 1 N–H and O–H groups in total. The summed E-state index contributed by atoms with van der Waals surface area (Å²) in [4.78, 5) is 1.31. The Morgan fingerprint density at radius 2 is 2.12 bits per heavy atom. The summed E-state index contributed by atoms with van der Waals surface area (Å²) in [5.74, 6) is 0. The Kier molecular flexibility index (Phi) is 5.30. The van der Waals surface area contributed by atoms with Crippen LogP contribution < -0.4 is 5.32 Å². The zero-order chi connectivity index (χ0) is 12.3. The van der Waals surface area contributed by atoms with Crippen LogP contribution in [0.4, 0.5) is 0 Å². The van der Waals surface area contributed by atoms with Crippen LogP contribution in [-0.4, -0.2) is 6.54 Å². The van der Waals surface area contributed by atoms with E-state index in [1.807, 2.05) is 0 Å². The Morgan fingerprint density at radius 3 is 2.50 bits per heavy atom. The molecule has 1 unspecified atom stereocenters. The first-order valence-corrected chi connectivity index (χ1v) is 7.59. The van der Waals surface area contributed by atoms with Gasteiger partial charge in [0.15, 0.2) is 0 Å². The Bertz CT molecular complexity index is 329. The van der Waals surface area contributed by atoms with E-state index in [2.05, 4.69) is 55.0 Å². The van der Waals surface area contributed by atoms with Crippen molar-refractivity contribution in [2.45, 2.75) is 40.2 Å². The van der Waals surface area contributed by atoms with Gasteiger partial charge in [0, 0.05) is 15.4 Å². The van der Waals surface area contributed by atoms with E-state index >= 15 is 0 Å². The number of rotatable bonds is 5. The van der Waals surface area contributed by atoms with Crippen molar-refractivity contribution in [3.63, 3.8) is 0 Å². The van der Waals surface area contributed by atoms with Crippen LogP contribution in [0.3, 0.4) is 0 Å². The van der Waals surface area contributed by atoms with Crippen molar-refractivity contribution in [3.8, 4) is 0 Å². The molecule has 1 rings (SSSR count). The molecule has 0 saturated carbocycles. The van der Waals surface area contributed by atoms with E-state index < -0.39 is 0 Å². The maximum Gasteiger partial charge on any atom is 0.107 e. The highest BCUT2D eigenvalue weighted by Crippen LogP contribution is 2.43.